The van der Waals surface area contributed by atoms with Crippen molar-refractivity contribution in [3.05, 3.63) is 17.0 Å². The quantitative estimate of drug-likeness (QED) is 0.723. The van der Waals surface area contributed by atoms with Gasteiger partial charge in [-0.15, -0.1) is 0 Å². The molecule has 0 amide bonds. The van der Waals surface area contributed by atoms with E-state index in [-0.39, 0.29) is 0 Å². The van der Waals surface area contributed by atoms with Gasteiger partial charge in [-0.25, -0.2) is 0 Å². The highest BCUT2D eigenvalue weighted by molar-refractivity contribution is 5.24. The largest absolute Gasteiger partial charge is 0.315 e. The minimum absolute atomic E-state index is 1.03. The Morgan fingerprint density at radius 2 is 1.94 bits per heavy atom. The van der Waals surface area contributed by atoms with E-state index < -0.39 is 0 Å². The fraction of sp³-hybridized carbons (Fsp3) is 0.750. The van der Waals surface area contributed by atoms with Crippen LogP contribution in [0.2, 0.25) is 0 Å². The van der Waals surface area contributed by atoms with Gasteiger partial charge >= 0.3 is 0 Å². The van der Waals surface area contributed by atoms with Crippen LogP contribution >= 0.6 is 0 Å². The van der Waals surface area contributed by atoms with Crippen LogP contribution < -0.4 is 5.32 Å². The number of rotatable bonds is 6. The maximum atomic E-state index is 4.42. The molecule has 0 aliphatic carbocycles. The number of hydrogen-bond donors (Lipinski definition) is 1. The Kier molecular flexibility index (Phi) is 4.96. The van der Waals surface area contributed by atoms with Gasteiger partial charge in [-0.05, 0) is 46.5 Å². The smallest absolute Gasteiger partial charge is 0.0628 e. The summed E-state index contributed by atoms with van der Waals surface area (Å²) in [7, 11) is 6.19. The minimum Gasteiger partial charge on any atom is -0.315 e. The fourth-order valence-corrected chi connectivity index (χ4v) is 1.82. The number of hydrogen-bond acceptors (Lipinski definition) is 3. The normalized spacial score (nSPS) is 11.4. The molecule has 0 aliphatic heterocycles. The molecule has 0 aromatic carbocycles. The van der Waals surface area contributed by atoms with E-state index >= 15 is 0 Å². The summed E-state index contributed by atoms with van der Waals surface area (Å²) in [6.07, 6.45) is 1.07. The lowest BCUT2D eigenvalue weighted by Gasteiger charge is -2.10. The number of aromatic nitrogens is 2. The highest BCUT2D eigenvalue weighted by Gasteiger charge is 2.07. The predicted molar refractivity (Wildman–Crippen MR) is 67.8 cm³/mol. The topological polar surface area (TPSA) is 33.1 Å². The van der Waals surface area contributed by atoms with Crippen LogP contribution in [0.1, 0.15) is 17.0 Å². The molecule has 92 valence electrons. The van der Waals surface area contributed by atoms with Gasteiger partial charge in [0.15, 0.2) is 0 Å². The predicted octanol–water partition coefficient (Wildman–Crippen LogP) is 0.731. The van der Waals surface area contributed by atoms with Gasteiger partial charge in [0.2, 0.25) is 0 Å². The van der Waals surface area contributed by atoms with E-state index in [2.05, 4.69) is 43.3 Å². The summed E-state index contributed by atoms with van der Waals surface area (Å²) in [5, 5.41) is 7.87. The van der Waals surface area contributed by atoms with E-state index in [0.29, 0.717) is 0 Å². The molecule has 1 N–H and O–H groups in total. The zero-order valence-corrected chi connectivity index (χ0v) is 11.2. The molecule has 0 aliphatic rings. The lowest BCUT2D eigenvalue weighted by molar-refractivity contribution is 0.401. The molecule has 4 nitrogen and oxygen atoms in total. The Balaban J connectivity index is 2.32. The van der Waals surface area contributed by atoms with E-state index in [1.54, 1.807) is 0 Å². The summed E-state index contributed by atoms with van der Waals surface area (Å²) in [4.78, 5) is 2.19. The summed E-state index contributed by atoms with van der Waals surface area (Å²) >= 11 is 0. The van der Waals surface area contributed by atoms with Gasteiger partial charge in [-0.3, -0.25) is 4.68 Å². The fourth-order valence-electron chi connectivity index (χ4n) is 1.82. The maximum Gasteiger partial charge on any atom is 0.0628 e. The van der Waals surface area contributed by atoms with Crippen molar-refractivity contribution in [2.45, 2.75) is 20.3 Å². The van der Waals surface area contributed by atoms with Crippen molar-refractivity contribution in [2.24, 2.45) is 7.05 Å². The van der Waals surface area contributed by atoms with Crippen LogP contribution in [0.5, 0.6) is 0 Å². The van der Waals surface area contributed by atoms with E-state index in [4.69, 9.17) is 0 Å². The van der Waals surface area contributed by atoms with Crippen molar-refractivity contribution >= 4 is 0 Å². The third-order valence-electron chi connectivity index (χ3n) is 2.95. The van der Waals surface area contributed by atoms with Crippen LogP contribution in [-0.4, -0.2) is 48.4 Å². The van der Waals surface area contributed by atoms with Crippen LogP contribution in [0.15, 0.2) is 0 Å². The molecule has 1 heterocycles. The van der Waals surface area contributed by atoms with Crippen LogP contribution in [0, 0.1) is 13.8 Å². The van der Waals surface area contributed by atoms with Crippen LogP contribution in [0.4, 0.5) is 0 Å². The van der Waals surface area contributed by atoms with Gasteiger partial charge in [-0.1, -0.05) is 0 Å². The maximum absolute atomic E-state index is 4.42. The molecule has 0 spiro atoms. The molecule has 1 aromatic rings. The summed E-state index contributed by atoms with van der Waals surface area (Å²) in [6, 6.07) is 0. The summed E-state index contributed by atoms with van der Waals surface area (Å²) in [6.45, 7) is 7.38. The monoisotopic (exact) mass is 224 g/mol. The molecule has 0 bridgehead atoms. The number of likely N-dealkylation sites (N-methyl/N-ethyl adjacent to an activating group) is 1. The molecule has 0 saturated heterocycles. The number of nitrogens with zero attached hydrogens (tertiary/aromatic N) is 3. The van der Waals surface area contributed by atoms with Gasteiger partial charge in [0.1, 0.15) is 0 Å². The SMILES string of the molecule is Cc1nn(C)c(C)c1CCNCCN(C)C. The third kappa shape index (κ3) is 3.61. The van der Waals surface area contributed by atoms with Crippen molar-refractivity contribution in [3.63, 3.8) is 0 Å². The molecule has 0 fully saturated rings. The first-order chi connectivity index (χ1) is 7.52. The van der Waals surface area contributed by atoms with Crippen molar-refractivity contribution < 1.29 is 0 Å². The lowest BCUT2D eigenvalue weighted by atomic mass is 10.1. The van der Waals surface area contributed by atoms with Gasteiger partial charge in [0, 0.05) is 25.8 Å². The molecule has 16 heavy (non-hydrogen) atoms. The molecule has 4 heteroatoms. The van der Waals surface area contributed by atoms with Gasteiger partial charge in [0.05, 0.1) is 5.69 Å². The van der Waals surface area contributed by atoms with E-state index in [1.165, 1.54) is 11.3 Å². The summed E-state index contributed by atoms with van der Waals surface area (Å²) < 4.78 is 1.96. The van der Waals surface area contributed by atoms with Gasteiger partial charge < -0.3 is 10.2 Å². The molecule has 1 rings (SSSR count). The van der Waals surface area contributed by atoms with E-state index in [0.717, 1.165) is 31.7 Å². The van der Waals surface area contributed by atoms with Gasteiger partial charge in [-0.2, -0.15) is 5.10 Å². The molecule has 0 atom stereocenters. The van der Waals surface area contributed by atoms with Crippen LogP contribution in [0.3, 0.4) is 0 Å². The first-order valence-corrected chi connectivity index (χ1v) is 5.87. The second-order valence-corrected chi connectivity index (χ2v) is 4.58. The summed E-state index contributed by atoms with van der Waals surface area (Å²) in [5.74, 6) is 0. The Morgan fingerprint density at radius 3 is 2.44 bits per heavy atom. The van der Waals surface area contributed by atoms with E-state index in [1.807, 2.05) is 11.7 Å². The molecule has 1 aromatic heterocycles. The number of nitrogens with one attached hydrogen (secondary N) is 1. The molecule has 0 unspecified atom stereocenters. The average molecular weight is 224 g/mol. The highest BCUT2D eigenvalue weighted by Crippen LogP contribution is 2.11. The van der Waals surface area contributed by atoms with Crippen LogP contribution in [0.25, 0.3) is 0 Å². The van der Waals surface area contributed by atoms with Crippen LogP contribution in [-0.2, 0) is 13.5 Å². The molecular formula is C12H24N4. The van der Waals surface area contributed by atoms with Crippen molar-refractivity contribution in [1.29, 1.82) is 0 Å². The second kappa shape index (κ2) is 6.01. The first kappa shape index (κ1) is 13.2. The molecule has 0 radical (unpaired) electrons. The third-order valence-corrected chi connectivity index (χ3v) is 2.95. The summed E-state index contributed by atoms with van der Waals surface area (Å²) in [5.41, 5.74) is 3.83. The van der Waals surface area contributed by atoms with Gasteiger partial charge in [0.25, 0.3) is 0 Å². The Bertz CT molecular complexity index is 328. The Hall–Kier alpha value is -0.870. The lowest BCUT2D eigenvalue weighted by Crippen LogP contribution is -2.28. The second-order valence-electron chi connectivity index (χ2n) is 4.58. The zero-order chi connectivity index (χ0) is 12.1. The molecule has 0 saturated carbocycles. The Labute approximate surface area is 98.6 Å². The van der Waals surface area contributed by atoms with Crippen molar-refractivity contribution in [3.8, 4) is 0 Å². The average Bonchev–Trinajstić information content (AvgIpc) is 2.43. The van der Waals surface area contributed by atoms with E-state index in [9.17, 15) is 0 Å². The van der Waals surface area contributed by atoms with Crippen molar-refractivity contribution in [1.82, 2.24) is 20.0 Å². The zero-order valence-electron chi connectivity index (χ0n) is 11.2. The number of aryl methyl sites for hydroxylation is 2. The minimum atomic E-state index is 1.03. The standard InChI is InChI=1S/C12H24N4/c1-10-12(11(2)16(5)14-10)6-7-13-8-9-15(3)4/h13H,6-9H2,1-5H3. The Morgan fingerprint density at radius 1 is 1.25 bits per heavy atom. The van der Waals surface area contributed by atoms with Crippen molar-refractivity contribution in [2.75, 3.05) is 33.7 Å². The molecular weight excluding hydrogens is 200 g/mol. The highest BCUT2D eigenvalue weighted by atomic mass is 15.3. The first-order valence-electron chi connectivity index (χ1n) is 5.87.